The lowest BCUT2D eigenvalue weighted by molar-refractivity contribution is -0.0268. The summed E-state index contributed by atoms with van der Waals surface area (Å²) in [5, 5.41) is 4.34. The SMILES string of the molecule is CCCn1nccc1CN1CCOC(CN)C1. The van der Waals surface area contributed by atoms with E-state index in [1.165, 1.54) is 5.69 Å². The molecule has 1 fully saturated rings. The maximum Gasteiger partial charge on any atom is 0.0824 e. The molecule has 2 N–H and O–H groups in total. The largest absolute Gasteiger partial charge is 0.374 e. The average molecular weight is 238 g/mol. The van der Waals surface area contributed by atoms with Crippen molar-refractivity contribution in [2.45, 2.75) is 32.5 Å². The van der Waals surface area contributed by atoms with E-state index in [0.717, 1.165) is 39.2 Å². The van der Waals surface area contributed by atoms with E-state index in [1.54, 1.807) is 0 Å². The molecule has 17 heavy (non-hydrogen) atoms. The smallest absolute Gasteiger partial charge is 0.0824 e. The second-order valence-corrected chi connectivity index (χ2v) is 4.51. The summed E-state index contributed by atoms with van der Waals surface area (Å²) in [5.41, 5.74) is 6.93. The van der Waals surface area contributed by atoms with Crippen LogP contribution in [0.2, 0.25) is 0 Å². The Labute approximate surface area is 103 Å². The molecule has 5 nitrogen and oxygen atoms in total. The quantitative estimate of drug-likeness (QED) is 0.809. The second-order valence-electron chi connectivity index (χ2n) is 4.51. The minimum absolute atomic E-state index is 0.186. The summed E-state index contributed by atoms with van der Waals surface area (Å²) >= 11 is 0. The summed E-state index contributed by atoms with van der Waals surface area (Å²) in [7, 11) is 0. The minimum Gasteiger partial charge on any atom is -0.374 e. The Morgan fingerprint density at radius 2 is 2.47 bits per heavy atom. The Morgan fingerprint density at radius 3 is 3.24 bits per heavy atom. The molecule has 0 aromatic carbocycles. The predicted molar refractivity (Wildman–Crippen MR) is 66.6 cm³/mol. The van der Waals surface area contributed by atoms with Crippen LogP contribution in [0.5, 0.6) is 0 Å². The molecule has 1 saturated heterocycles. The Bertz CT molecular complexity index is 339. The van der Waals surface area contributed by atoms with Gasteiger partial charge in [-0.2, -0.15) is 5.10 Å². The molecule has 96 valence electrons. The highest BCUT2D eigenvalue weighted by molar-refractivity contribution is 5.00. The van der Waals surface area contributed by atoms with Crippen molar-refractivity contribution in [2.24, 2.45) is 5.73 Å². The molecule has 0 amide bonds. The minimum atomic E-state index is 0.186. The summed E-state index contributed by atoms with van der Waals surface area (Å²) < 4.78 is 7.66. The van der Waals surface area contributed by atoms with Crippen LogP contribution in [-0.4, -0.2) is 47.0 Å². The molecule has 5 heteroatoms. The number of hydrogen-bond acceptors (Lipinski definition) is 4. The van der Waals surface area contributed by atoms with Gasteiger partial charge in [0.1, 0.15) is 0 Å². The van der Waals surface area contributed by atoms with Crippen LogP contribution in [0.1, 0.15) is 19.0 Å². The molecule has 0 bridgehead atoms. The number of nitrogens with two attached hydrogens (primary N) is 1. The summed E-state index contributed by atoms with van der Waals surface area (Å²) in [6.45, 7) is 7.40. The zero-order valence-corrected chi connectivity index (χ0v) is 10.5. The lowest BCUT2D eigenvalue weighted by Crippen LogP contribution is -2.45. The van der Waals surface area contributed by atoms with Crippen LogP contribution in [0.25, 0.3) is 0 Å². The zero-order valence-electron chi connectivity index (χ0n) is 10.5. The van der Waals surface area contributed by atoms with Crippen LogP contribution in [-0.2, 0) is 17.8 Å². The second kappa shape index (κ2) is 6.14. The molecule has 1 unspecified atom stereocenters. The molecule has 0 aliphatic carbocycles. The molecular weight excluding hydrogens is 216 g/mol. The van der Waals surface area contributed by atoms with E-state index in [-0.39, 0.29) is 6.10 Å². The highest BCUT2D eigenvalue weighted by Crippen LogP contribution is 2.10. The number of rotatable bonds is 5. The van der Waals surface area contributed by atoms with Crippen molar-refractivity contribution >= 4 is 0 Å². The highest BCUT2D eigenvalue weighted by Gasteiger charge is 2.20. The van der Waals surface area contributed by atoms with Crippen molar-refractivity contribution in [2.75, 3.05) is 26.2 Å². The standard InChI is InChI=1S/C12H22N4O/c1-2-5-16-11(3-4-14-16)9-15-6-7-17-12(8-13)10-15/h3-4,12H,2,5-10,13H2,1H3. The van der Waals surface area contributed by atoms with Gasteiger partial charge in [-0.15, -0.1) is 0 Å². The average Bonchev–Trinajstić information content (AvgIpc) is 2.78. The molecule has 2 heterocycles. The Kier molecular flexibility index (Phi) is 4.53. The van der Waals surface area contributed by atoms with Gasteiger partial charge in [0.05, 0.1) is 18.4 Å². The first kappa shape index (κ1) is 12.5. The van der Waals surface area contributed by atoms with E-state index in [2.05, 4.69) is 27.7 Å². The molecule has 1 aliphatic heterocycles. The third-order valence-electron chi connectivity index (χ3n) is 3.11. The van der Waals surface area contributed by atoms with Crippen LogP contribution in [0.15, 0.2) is 12.3 Å². The van der Waals surface area contributed by atoms with Gasteiger partial charge >= 0.3 is 0 Å². The third-order valence-corrected chi connectivity index (χ3v) is 3.11. The van der Waals surface area contributed by atoms with E-state index < -0.39 is 0 Å². The molecule has 1 atom stereocenters. The maximum absolute atomic E-state index is 5.65. The number of morpholine rings is 1. The topological polar surface area (TPSA) is 56.3 Å². The monoisotopic (exact) mass is 238 g/mol. The van der Waals surface area contributed by atoms with E-state index in [1.807, 2.05) is 6.20 Å². The van der Waals surface area contributed by atoms with Crippen molar-refractivity contribution in [3.05, 3.63) is 18.0 Å². The van der Waals surface area contributed by atoms with Gasteiger partial charge in [-0.25, -0.2) is 0 Å². The molecule has 0 spiro atoms. The first-order valence-corrected chi connectivity index (χ1v) is 6.38. The number of nitrogens with zero attached hydrogens (tertiary/aromatic N) is 3. The summed E-state index contributed by atoms with van der Waals surface area (Å²) in [6.07, 6.45) is 3.18. The number of ether oxygens (including phenoxy) is 1. The molecule has 0 saturated carbocycles. The van der Waals surface area contributed by atoms with Gasteiger partial charge in [-0.3, -0.25) is 9.58 Å². The van der Waals surface area contributed by atoms with Crippen molar-refractivity contribution < 1.29 is 4.74 Å². The fraction of sp³-hybridized carbons (Fsp3) is 0.750. The van der Waals surface area contributed by atoms with Gasteiger partial charge in [0.25, 0.3) is 0 Å². The van der Waals surface area contributed by atoms with E-state index in [0.29, 0.717) is 6.54 Å². The molecule has 1 aromatic heterocycles. The summed E-state index contributed by atoms with van der Waals surface area (Å²) in [4.78, 5) is 2.39. The summed E-state index contributed by atoms with van der Waals surface area (Å²) in [5.74, 6) is 0. The predicted octanol–water partition coefficient (Wildman–Crippen LogP) is 0.453. The molecular formula is C12H22N4O. The molecule has 2 rings (SSSR count). The van der Waals surface area contributed by atoms with Gasteiger partial charge in [0.2, 0.25) is 0 Å². The Morgan fingerprint density at radius 1 is 1.59 bits per heavy atom. The zero-order chi connectivity index (χ0) is 12.1. The molecule has 0 radical (unpaired) electrons. The number of aromatic nitrogens is 2. The van der Waals surface area contributed by atoms with Crippen LogP contribution < -0.4 is 5.73 Å². The fourth-order valence-electron chi connectivity index (χ4n) is 2.20. The molecule has 1 aliphatic rings. The van der Waals surface area contributed by atoms with Crippen molar-refractivity contribution in [3.8, 4) is 0 Å². The third kappa shape index (κ3) is 3.28. The highest BCUT2D eigenvalue weighted by atomic mass is 16.5. The first-order valence-electron chi connectivity index (χ1n) is 6.38. The van der Waals surface area contributed by atoms with Crippen LogP contribution in [0, 0.1) is 0 Å². The van der Waals surface area contributed by atoms with Gasteiger partial charge in [-0.05, 0) is 12.5 Å². The Balaban J connectivity index is 1.93. The van der Waals surface area contributed by atoms with Crippen molar-refractivity contribution in [1.29, 1.82) is 0 Å². The van der Waals surface area contributed by atoms with E-state index in [9.17, 15) is 0 Å². The fourth-order valence-corrected chi connectivity index (χ4v) is 2.20. The molecule has 1 aromatic rings. The van der Waals surface area contributed by atoms with Crippen molar-refractivity contribution in [3.63, 3.8) is 0 Å². The number of hydrogen-bond donors (Lipinski definition) is 1. The normalized spacial score (nSPS) is 21.9. The first-order chi connectivity index (χ1) is 8.33. The van der Waals surface area contributed by atoms with E-state index in [4.69, 9.17) is 10.5 Å². The van der Waals surface area contributed by atoms with Gasteiger partial charge < -0.3 is 10.5 Å². The van der Waals surface area contributed by atoms with Crippen LogP contribution >= 0.6 is 0 Å². The van der Waals surface area contributed by atoms with Crippen LogP contribution in [0.4, 0.5) is 0 Å². The van der Waals surface area contributed by atoms with Gasteiger partial charge in [0, 0.05) is 38.9 Å². The van der Waals surface area contributed by atoms with Gasteiger partial charge in [0.15, 0.2) is 0 Å². The van der Waals surface area contributed by atoms with E-state index >= 15 is 0 Å². The lowest BCUT2D eigenvalue weighted by atomic mass is 10.2. The number of aryl methyl sites for hydroxylation is 1. The lowest BCUT2D eigenvalue weighted by Gasteiger charge is -2.32. The van der Waals surface area contributed by atoms with Gasteiger partial charge in [-0.1, -0.05) is 6.92 Å². The summed E-state index contributed by atoms with van der Waals surface area (Å²) in [6, 6.07) is 2.10. The van der Waals surface area contributed by atoms with Crippen LogP contribution in [0.3, 0.4) is 0 Å². The van der Waals surface area contributed by atoms with Crippen molar-refractivity contribution in [1.82, 2.24) is 14.7 Å². The Hall–Kier alpha value is -0.910. The maximum atomic E-state index is 5.65.